The third-order valence-corrected chi connectivity index (χ3v) is 4.26. The van der Waals surface area contributed by atoms with E-state index < -0.39 is 9.84 Å². The van der Waals surface area contributed by atoms with E-state index in [1.165, 1.54) is 4.90 Å². The molecule has 1 fully saturated rings. The second kappa shape index (κ2) is 4.32. The molecule has 9 heteroatoms. The van der Waals surface area contributed by atoms with Crippen molar-refractivity contribution in [2.45, 2.75) is 6.42 Å². The van der Waals surface area contributed by atoms with E-state index in [0.717, 1.165) is 0 Å². The highest BCUT2D eigenvalue weighted by Gasteiger charge is 2.25. The third kappa shape index (κ3) is 2.73. The number of sulfone groups is 1. The molecular formula is C8H13N5O3S. The summed E-state index contributed by atoms with van der Waals surface area (Å²) in [4.78, 5) is 17.1. The summed E-state index contributed by atoms with van der Waals surface area (Å²) < 4.78 is 22.8. The molecule has 1 aromatic rings. The number of carbonyl (C=O) groups is 1. The molecule has 1 aliphatic rings. The van der Waals surface area contributed by atoms with Gasteiger partial charge >= 0.3 is 0 Å². The van der Waals surface area contributed by atoms with E-state index in [0.29, 0.717) is 13.0 Å². The minimum Gasteiger partial charge on any atom is -0.366 e. The lowest BCUT2D eigenvalue weighted by atomic mass is 10.4. The number of nitrogens with zero attached hydrogens (tertiary/aromatic N) is 3. The Labute approximate surface area is 98.1 Å². The van der Waals surface area contributed by atoms with Crippen LogP contribution in [0, 0.1) is 0 Å². The van der Waals surface area contributed by atoms with E-state index in [-0.39, 0.29) is 35.7 Å². The molecule has 0 saturated carbocycles. The number of H-pyrrole nitrogens is 1. The summed E-state index contributed by atoms with van der Waals surface area (Å²) in [7, 11) is -3.03. The van der Waals surface area contributed by atoms with Gasteiger partial charge in [0.25, 0.3) is 5.91 Å². The number of anilines is 1. The average Bonchev–Trinajstić information content (AvgIpc) is 2.60. The molecule has 1 saturated heterocycles. The molecule has 2 rings (SSSR count). The van der Waals surface area contributed by atoms with Gasteiger partial charge in [-0.2, -0.15) is 4.98 Å². The molecule has 94 valence electrons. The number of hydrogen-bond acceptors (Lipinski definition) is 6. The van der Waals surface area contributed by atoms with Crippen LogP contribution in [0.1, 0.15) is 17.0 Å². The predicted octanol–water partition coefficient (Wildman–Crippen LogP) is -1.35. The number of carbonyl (C=O) groups excluding carboxylic acids is 1. The van der Waals surface area contributed by atoms with Crippen molar-refractivity contribution in [2.24, 2.45) is 0 Å². The summed E-state index contributed by atoms with van der Waals surface area (Å²) in [6.07, 6.45) is 0.442. The van der Waals surface area contributed by atoms with Crippen LogP contribution >= 0.6 is 0 Å². The highest BCUT2D eigenvalue weighted by Crippen LogP contribution is 2.08. The van der Waals surface area contributed by atoms with Crippen molar-refractivity contribution in [1.82, 2.24) is 20.1 Å². The first-order valence-electron chi connectivity index (χ1n) is 5.15. The van der Waals surface area contributed by atoms with E-state index in [9.17, 15) is 13.2 Å². The molecule has 8 nitrogen and oxygen atoms in total. The number of nitrogens with two attached hydrogens (primary N) is 1. The van der Waals surface area contributed by atoms with E-state index in [4.69, 9.17) is 5.73 Å². The Hall–Kier alpha value is -1.64. The van der Waals surface area contributed by atoms with Crippen LogP contribution in [-0.2, 0) is 9.84 Å². The summed E-state index contributed by atoms with van der Waals surface area (Å²) in [5, 5.41) is 5.98. The number of amides is 1. The van der Waals surface area contributed by atoms with Gasteiger partial charge in [0, 0.05) is 13.1 Å². The molecule has 0 aliphatic carbocycles. The van der Waals surface area contributed by atoms with Crippen molar-refractivity contribution < 1.29 is 13.2 Å². The lowest BCUT2D eigenvalue weighted by Gasteiger charge is -2.17. The molecule has 3 N–H and O–H groups in total. The van der Waals surface area contributed by atoms with E-state index in [1.54, 1.807) is 0 Å². The average molecular weight is 259 g/mol. The van der Waals surface area contributed by atoms with Crippen LogP contribution in [-0.4, -0.2) is 59.0 Å². The molecule has 2 heterocycles. The van der Waals surface area contributed by atoms with Crippen molar-refractivity contribution in [3.63, 3.8) is 0 Å². The monoisotopic (exact) mass is 259 g/mol. The smallest absolute Gasteiger partial charge is 0.291 e. The van der Waals surface area contributed by atoms with Crippen LogP contribution in [0.4, 0.5) is 5.95 Å². The highest BCUT2D eigenvalue weighted by molar-refractivity contribution is 7.91. The summed E-state index contributed by atoms with van der Waals surface area (Å²) in [5.74, 6) is -0.221. The third-order valence-electron chi connectivity index (χ3n) is 2.55. The molecule has 0 unspecified atom stereocenters. The molecule has 1 aliphatic heterocycles. The molecule has 0 radical (unpaired) electrons. The first-order valence-corrected chi connectivity index (χ1v) is 6.98. The fourth-order valence-corrected chi connectivity index (χ4v) is 2.93. The summed E-state index contributed by atoms with van der Waals surface area (Å²) in [5.41, 5.74) is 5.30. The summed E-state index contributed by atoms with van der Waals surface area (Å²) in [6.45, 7) is 0.584. The van der Waals surface area contributed by atoms with E-state index in [1.807, 2.05) is 0 Å². The zero-order valence-corrected chi connectivity index (χ0v) is 9.90. The van der Waals surface area contributed by atoms with Gasteiger partial charge in [-0.15, -0.1) is 5.10 Å². The van der Waals surface area contributed by atoms with Gasteiger partial charge in [0.05, 0.1) is 11.5 Å². The van der Waals surface area contributed by atoms with Gasteiger partial charge in [-0.1, -0.05) is 0 Å². The SMILES string of the molecule is Nc1n[nH]c(C(=O)N2CCCS(=O)(=O)CC2)n1. The summed E-state index contributed by atoms with van der Waals surface area (Å²) in [6, 6.07) is 0. The maximum absolute atomic E-state index is 11.9. The summed E-state index contributed by atoms with van der Waals surface area (Å²) >= 11 is 0. The molecule has 1 amide bonds. The van der Waals surface area contributed by atoms with Gasteiger partial charge in [0.2, 0.25) is 11.8 Å². The number of aromatic amines is 1. The van der Waals surface area contributed by atoms with Crippen molar-refractivity contribution in [1.29, 1.82) is 0 Å². The standard InChI is InChI=1S/C8H13N5O3S/c9-8-10-6(11-12-8)7(14)13-2-1-4-17(15,16)5-3-13/h1-5H2,(H3,9,10,11,12). The minimum atomic E-state index is -3.03. The van der Waals surface area contributed by atoms with E-state index in [2.05, 4.69) is 15.2 Å². The van der Waals surface area contributed by atoms with Crippen LogP contribution in [0.25, 0.3) is 0 Å². The Morgan fingerprint density at radius 1 is 1.35 bits per heavy atom. The van der Waals surface area contributed by atoms with Crippen LogP contribution in [0.2, 0.25) is 0 Å². The Kier molecular flexibility index (Phi) is 3.01. The van der Waals surface area contributed by atoms with Crippen LogP contribution < -0.4 is 5.73 Å². The maximum atomic E-state index is 11.9. The van der Waals surface area contributed by atoms with Crippen molar-refractivity contribution in [2.75, 3.05) is 30.3 Å². The largest absolute Gasteiger partial charge is 0.366 e. The van der Waals surface area contributed by atoms with Gasteiger partial charge in [0.1, 0.15) is 0 Å². The van der Waals surface area contributed by atoms with Crippen molar-refractivity contribution >= 4 is 21.7 Å². The zero-order valence-electron chi connectivity index (χ0n) is 9.09. The quantitative estimate of drug-likeness (QED) is 0.642. The number of nitrogens with one attached hydrogen (secondary N) is 1. The lowest BCUT2D eigenvalue weighted by Crippen LogP contribution is -2.34. The Balaban J connectivity index is 2.10. The zero-order chi connectivity index (χ0) is 12.5. The van der Waals surface area contributed by atoms with Gasteiger partial charge in [-0.3, -0.25) is 9.89 Å². The first-order chi connectivity index (χ1) is 7.98. The molecule has 0 spiro atoms. The molecule has 17 heavy (non-hydrogen) atoms. The van der Waals surface area contributed by atoms with Gasteiger partial charge in [0.15, 0.2) is 9.84 Å². The molecule has 0 bridgehead atoms. The lowest BCUT2D eigenvalue weighted by molar-refractivity contribution is 0.0757. The molecular weight excluding hydrogens is 246 g/mol. The molecule has 1 aromatic heterocycles. The van der Waals surface area contributed by atoms with Crippen LogP contribution in [0.5, 0.6) is 0 Å². The van der Waals surface area contributed by atoms with Gasteiger partial charge in [-0.05, 0) is 6.42 Å². The molecule has 0 aromatic carbocycles. The van der Waals surface area contributed by atoms with Gasteiger partial charge in [-0.25, -0.2) is 8.42 Å². The van der Waals surface area contributed by atoms with Crippen LogP contribution in [0.3, 0.4) is 0 Å². The molecule has 0 atom stereocenters. The Bertz CT molecular complexity index is 523. The number of aromatic nitrogens is 3. The number of nitrogen functional groups attached to an aromatic ring is 1. The number of rotatable bonds is 1. The van der Waals surface area contributed by atoms with E-state index >= 15 is 0 Å². The fourth-order valence-electron chi connectivity index (χ4n) is 1.66. The van der Waals surface area contributed by atoms with Gasteiger partial charge < -0.3 is 10.6 Å². The normalized spacial score (nSPS) is 19.9. The fraction of sp³-hybridized carbons (Fsp3) is 0.625. The Morgan fingerprint density at radius 2 is 2.12 bits per heavy atom. The maximum Gasteiger partial charge on any atom is 0.291 e. The first kappa shape index (κ1) is 11.8. The second-order valence-corrected chi connectivity index (χ2v) is 6.14. The Morgan fingerprint density at radius 3 is 2.76 bits per heavy atom. The van der Waals surface area contributed by atoms with Crippen molar-refractivity contribution in [3.8, 4) is 0 Å². The highest BCUT2D eigenvalue weighted by atomic mass is 32.2. The second-order valence-electron chi connectivity index (χ2n) is 3.84. The number of hydrogen-bond donors (Lipinski definition) is 2. The topological polar surface area (TPSA) is 122 Å². The minimum absolute atomic E-state index is 0.00389. The predicted molar refractivity (Wildman–Crippen MR) is 60.0 cm³/mol. The van der Waals surface area contributed by atoms with Crippen LogP contribution in [0.15, 0.2) is 0 Å². The van der Waals surface area contributed by atoms with Crippen molar-refractivity contribution in [3.05, 3.63) is 5.82 Å².